The van der Waals surface area contributed by atoms with Gasteiger partial charge in [-0.2, -0.15) is 0 Å². The molecule has 1 aliphatic heterocycles. The average molecular weight is 297 g/mol. The molecule has 1 nitrogen and oxygen atoms in total. The van der Waals surface area contributed by atoms with Gasteiger partial charge in [-0.3, -0.25) is 0 Å². The van der Waals surface area contributed by atoms with Crippen molar-refractivity contribution in [2.45, 2.75) is 58.2 Å². The molecule has 0 amide bonds. The van der Waals surface area contributed by atoms with Crippen molar-refractivity contribution in [1.82, 2.24) is 0 Å². The molecule has 0 saturated carbocycles. The molecular weight excluding hydrogens is 276 g/mol. The van der Waals surface area contributed by atoms with Crippen LogP contribution in [0.25, 0.3) is 0 Å². The van der Waals surface area contributed by atoms with Gasteiger partial charge in [0.25, 0.3) is 0 Å². The van der Waals surface area contributed by atoms with E-state index < -0.39 is 0 Å². The minimum atomic E-state index is 0.503. The zero-order valence-corrected chi connectivity index (χ0v) is 12.5. The molecule has 0 bridgehead atoms. The summed E-state index contributed by atoms with van der Waals surface area (Å²) in [6.45, 7) is 6.68. The molecule has 17 heavy (non-hydrogen) atoms. The Bertz CT molecular complexity index is 389. The summed E-state index contributed by atoms with van der Waals surface area (Å²) in [5.74, 6) is 0.633. The Balaban J connectivity index is 2.10. The molecule has 1 heterocycles. The van der Waals surface area contributed by atoms with E-state index in [0.717, 1.165) is 6.42 Å². The molecule has 3 unspecified atom stereocenters. The summed E-state index contributed by atoms with van der Waals surface area (Å²) in [4.78, 5) is 0. The van der Waals surface area contributed by atoms with Gasteiger partial charge in [-0.05, 0) is 49.3 Å². The highest BCUT2D eigenvalue weighted by Gasteiger charge is 2.38. The van der Waals surface area contributed by atoms with Crippen LogP contribution >= 0.6 is 15.9 Å². The maximum Gasteiger partial charge on any atom is 0.0847 e. The quantitative estimate of drug-likeness (QED) is 0.710. The Kier molecular flexibility index (Phi) is 4.26. The first kappa shape index (κ1) is 13.1. The first-order valence-corrected chi connectivity index (χ1v) is 7.37. The van der Waals surface area contributed by atoms with Gasteiger partial charge in [0.2, 0.25) is 0 Å². The van der Waals surface area contributed by atoms with Gasteiger partial charge < -0.3 is 4.74 Å². The van der Waals surface area contributed by atoms with E-state index in [9.17, 15) is 0 Å². The van der Waals surface area contributed by atoms with Crippen molar-refractivity contribution in [2.24, 2.45) is 0 Å². The molecule has 3 atom stereocenters. The molecule has 1 aliphatic rings. The largest absolute Gasteiger partial charge is 0.370 e. The maximum absolute atomic E-state index is 5.68. The summed E-state index contributed by atoms with van der Waals surface area (Å²) >= 11 is 3.62. The molecule has 1 aromatic rings. The topological polar surface area (TPSA) is 12.5 Å². The van der Waals surface area contributed by atoms with Crippen LogP contribution in [-0.2, 0) is 4.74 Å². The summed E-state index contributed by atoms with van der Waals surface area (Å²) in [5.41, 5.74) is 2.86. The third kappa shape index (κ3) is 2.92. The van der Waals surface area contributed by atoms with Crippen LogP contribution < -0.4 is 0 Å². The Morgan fingerprint density at radius 1 is 1.29 bits per heavy atom. The normalized spacial score (nSPS) is 24.7. The smallest absolute Gasteiger partial charge is 0.0847 e. The van der Waals surface area contributed by atoms with E-state index in [-0.39, 0.29) is 0 Å². The predicted octanol–water partition coefficient (Wildman–Crippen LogP) is 4.82. The van der Waals surface area contributed by atoms with Crippen LogP contribution in [0.15, 0.2) is 22.7 Å². The van der Waals surface area contributed by atoms with Crippen LogP contribution in [0, 0.1) is 6.92 Å². The van der Waals surface area contributed by atoms with Gasteiger partial charge in [-0.25, -0.2) is 0 Å². The lowest BCUT2D eigenvalue weighted by Crippen LogP contribution is -2.05. The van der Waals surface area contributed by atoms with Gasteiger partial charge in [-0.1, -0.05) is 41.9 Å². The zero-order chi connectivity index (χ0) is 12.4. The first-order chi connectivity index (χ1) is 8.17. The van der Waals surface area contributed by atoms with Gasteiger partial charge in [0, 0.05) is 4.47 Å². The molecule has 1 saturated heterocycles. The minimum Gasteiger partial charge on any atom is -0.370 e. The molecular formula is C15H21BrO. The predicted molar refractivity (Wildman–Crippen MR) is 75.5 cm³/mol. The lowest BCUT2D eigenvalue weighted by molar-refractivity contribution is 0.348. The van der Waals surface area contributed by atoms with Crippen molar-refractivity contribution in [3.8, 4) is 0 Å². The molecule has 0 N–H and O–H groups in total. The van der Waals surface area contributed by atoms with E-state index in [0.29, 0.717) is 18.1 Å². The Morgan fingerprint density at radius 2 is 2.06 bits per heavy atom. The number of ether oxygens (including phenoxy) is 1. The van der Waals surface area contributed by atoms with E-state index in [1.165, 1.54) is 28.4 Å². The van der Waals surface area contributed by atoms with Crippen LogP contribution in [0.4, 0.5) is 0 Å². The van der Waals surface area contributed by atoms with E-state index in [1.54, 1.807) is 0 Å². The highest BCUT2D eigenvalue weighted by Crippen LogP contribution is 2.38. The third-order valence-electron chi connectivity index (χ3n) is 3.85. The van der Waals surface area contributed by atoms with Crippen molar-refractivity contribution in [1.29, 1.82) is 0 Å². The fraction of sp³-hybridized carbons (Fsp3) is 0.600. The van der Waals surface area contributed by atoms with Crippen molar-refractivity contribution in [3.05, 3.63) is 33.8 Å². The zero-order valence-electron chi connectivity index (χ0n) is 10.9. The standard InChI is InChI=1S/C15H21BrO/c1-4-11(9-15-14(5-2)17-15)12-7-6-8-13(16)10(12)3/h6-8,11,14-15H,4-5,9H2,1-3H3. The number of epoxide rings is 1. The van der Waals surface area contributed by atoms with Gasteiger partial charge in [0.05, 0.1) is 12.2 Å². The Morgan fingerprint density at radius 3 is 2.65 bits per heavy atom. The average Bonchev–Trinajstić information content (AvgIpc) is 3.08. The van der Waals surface area contributed by atoms with Crippen molar-refractivity contribution >= 4 is 15.9 Å². The van der Waals surface area contributed by atoms with E-state index in [1.807, 2.05) is 0 Å². The highest BCUT2D eigenvalue weighted by atomic mass is 79.9. The SMILES string of the molecule is CCC(CC1OC1CC)c1cccc(Br)c1C. The van der Waals surface area contributed by atoms with Gasteiger partial charge in [-0.15, -0.1) is 0 Å². The van der Waals surface area contributed by atoms with Gasteiger partial charge >= 0.3 is 0 Å². The van der Waals surface area contributed by atoms with Crippen LogP contribution in [0.2, 0.25) is 0 Å². The number of hydrogen-bond donors (Lipinski definition) is 0. The van der Waals surface area contributed by atoms with E-state index >= 15 is 0 Å². The monoisotopic (exact) mass is 296 g/mol. The lowest BCUT2D eigenvalue weighted by Gasteiger charge is -2.17. The molecule has 1 fully saturated rings. The van der Waals surface area contributed by atoms with Crippen molar-refractivity contribution in [2.75, 3.05) is 0 Å². The lowest BCUT2D eigenvalue weighted by atomic mass is 9.88. The summed E-state index contributed by atoms with van der Waals surface area (Å²) in [6.07, 6.45) is 4.54. The Labute approximate surface area is 113 Å². The van der Waals surface area contributed by atoms with Gasteiger partial charge in [0.1, 0.15) is 0 Å². The third-order valence-corrected chi connectivity index (χ3v) is 4.71. The number of hydrogen-bond acceptors (Lipinski definition) is 1. The summed E-state index contributed by atoms with van der Waals surface area (Å²) in [5, 5.41) is 0. The number of benzene rings is 1. The Hall–Kier alpha value is -0.340. The summed E-state index contributed by atoms with van der Waals surface area (Å²) in [7, 11) is 0. The van der Waals surface area contributed by atoms with E-state index in [2.05, 4.69) is 54.9 Å². The molecule has 0 radical (unpaired) electrons. The molecule has 0 spiro atoms. The molecule has 2 rings (SSSR count). The summed E-state index contributed by atoms with van der Waals surface area (Å²) in [6, 6.07) is 6.52. The second-order valence-electron chi connectivity index (χ2n) is 4.92. The number of halogens is 1. The second kappa shape index (κ2) is 5.53. The molecule has 0 aliphatic carbocycles. The molecule has 0 aromatic heterocycles. The molecule has 2 heteroatoms. The van der Waals surface area contributed by atoms with E-state index in [4.69, 9.17) is 4.74 Å². The highest BCUT2D eigenvalue weighted by molar-refractivity contribution is 9.10. The molecule has 1 aromatic carbocycles. The van der Waals surface area contributed by atoms with Crippen LogP contribution in [0.1, 0.15) is 50.2 Å². The second-order valence-corrected chi connectivity index (χ2v) is 5.77. The minimum absolute atomic E-state index is 0.503. The first-order valence-electron chi connectivity index (χ1n) is 6.57. The van der Waals surface area contributed by atoms with Gasteiger partial charge in [0.15, 0.2) is 0 Å². The fourth-order valence-electron chi connectivity index (χ4n) is 2.61. The number of rotatable bonds is 5. The van der Waals surface area contributed by atoms with Crippen molar-refractivity contribution in [3.63, 3.8) is 0 Å². The maximum atomic E-state index is 5.68. The van der Waals surface area contributed by atoms with Crippen molar-refractivity contribution < 1.29 is 4.74 Å². The fourth-order valence-corrected chi connectivity index (χ4v) is 2.99. The van der Waals surface area contributed by atoms with Crippen LogP contribution in [-0.4, -0.2) is 12.2 Å². The van der Waals surface area contributed by atoms with Crippen LogP contribution in [0.5, 0.6) is 0 Å². The summed E-state index contributed by atoms with van der Waals surface area (Å²) < 4.78 is 6.90. The van der Waals surface area contributed by atoms with Crippen LogP contribution in [0.3, 0.4) is 0 Å². The molecule has 94 valence electrons.